The standard InChI is InChI=1S/C15H14N4O/c1-12-13(5-3-7-16)4-2-6-14(12)15(20)19(10-8-17)11-9-18/h2,4,6H,7,10-11,16H2,1H3. The number of amides is 1. The van der Waals surface area contributed by atoms with Gasteiger partial charge in [-0.2, -0.15) is 10.5 Å². The highest BCUT2D eigenvalue weighted by molar-refractivity contribution is 5.96. The molecule has 0 bridgehead atoms. The Morgan fingerprint density at radius 1 is 1.30 bits per heavy atom. The van der Waals surface area contributed by atoms with Crippen LogP contribution in [0.1, 0.15) is 21.5 Å². The maximum absolute atomic E-state index is 12.3. The smallest absolute Gasteiger partial charge is 0.255 e. The van der Waals surface area contributed by atoms with Crippen LogP contribution in [0.5, 0.6) is 0 Å². The van der Waals surface area contributed by atoms with Gasteiger partial charge in [-0.05, 0) is 24.6 Å². The van der Waals surface area contributed by atoms with Crippen LogP contribution < -0.4 is 5.73 Å². The van der Waals surface area contributed by atoms with E-state index < -0.39 is 0 Å². The Labute approximate surface area is 118 Å². The van der Waals surface area contributed by atoms with Gasteiger partial charge in [0.15, 0.2) is 0 Å². The lowest BCUT2D eigenvalue weighted by molar-refractivity contribution is 0.0794. The summed E-state index contributed by atoms with van der Waals surface area (Å²) in [6.45, 7) is 1.78. The molecule has 0 heterocycles. The average molecular weight is 266 g/mol. The fourth-order valence-electron chi connectivity index (χ4n) is 1.69. The van der Waals surface area contributed by atoms with Crippen molar-refractivity contribution >= 4 is 5.91 Å². The van der Waals surface area contributed by atoms with Crippen molar-refractivity contribution < 1.29 is 4.79 Å². The van der Waals surface area contributed by atoms with E-state index >= 15 is 0 Å². The quantitative estimate of drug-likeness (QED) is 0.646. The molecule has 1 amide bonds. The van der Waals surface area contributed by atoms with E-state index in [0.717, 1.165) is 11.1 Å². The zero-order chi connectivity index (χ0) is 15.0. The fourth-order valence-corrected chi connectivity index (χ4v) is 1.69. The summed E-state index contributed by atoms with van der Waals surface area (Å²) in [5.41, 5.74) is 7.21. The highest BCUT2D eigenvalue weighted by Crippen LogP contribution is 2.15. The molecule has 5 nitrogen and oxygen atoms in total. The maximum Gasteiger partial charge on any atom is 0.255 e. The first-order chi connectivity index (χ1) is 9.65. The molecule has 0 aliphatic carbocycles. The number of nitrogens with two attached hydrogens (primary N) is 1. The number of hydrogen-bond acceptors (Lipinski definition) is 4. The third kappa shape index (κ3) is 3.59. The third-order valence-corrected chi connectivity index (χ3v) is 2.70. The number of nitrogens with zero attached hydrogens (tertiary/aromatic N) is 3. The Morgan fingerprint density at radius 3 is 2.50 bits per heavy atom. The number of benzene rings is 1. The van der Waals surface area contributed by atoms with Crippen LogP contribution in [0.3, 0.4) is 0 Å². The molecule has 0 radical (unpaired) electrons. The zero-order valence-corrected chi connectivity index (χ0v) is 11.2. The minimum atomic E-state index is -0.345. The fraction of sp³-hybridized carbons (Fsp3) is 0.267. The Hall–Kier alpha value is -2.81. The molecule has 0 aromatic heterocycles. The highest BCUT2D eigenvalue weighted by atomic mass is 16.2. The molecule has 0 unspecified atom stereocenters. The molecule has 0 atom stereocenters. The van der Waals surface area contributed by atoms with Crippen molar-refractivity contribution in [3.8, 4) is 24.0 Å². The molecule has 1 aromatic carbocycles. The first-order valence-electron chi connectivity index (χ1n) is 5.97. The second-order valence-corrected chi connectivity index (χ2v) is 3.96. The summed E-state index contributed by atoms with van der Waals surface area (Å²) in [4.78, 5) is 13.5. The van der Waals surface area contributed by atoms with Crippen LogP contribution in [0.4, 0.5) is 0 Å². The lowest BCUT2D eigenvalue weighted by Crippen LogP contribution is -2.32. The monoisotopic (exact) mass is 266 g/mol. The van der Waals surface area contributed by atoms with Gasteiger partial charge < -0.3 is 10.6 Å². The van der Waals surface area contributed by atoms with E-state index in [0.29, 0.717) is 5.56 Å². The van der Waals surface area contributed by atoms with Gasteiger partial charge in [-0.25, -0.2) is 0 Å². The van der Waals surface area contributed by atoms with E-state index in [9.17, 15) is 4.79 Å². The van der Waals surface area contributed by atoms with Gasteiger partial charge in [-0.15, -0.1) is 0 Å². The molecule has 0 saturated carbocycles. The summed E-state index contributed by atoms with van der Waals surface area (Å²) in [6, 6.07) is 8.94. The van der Waals surface area contributed by atoms with E-state index in [1.54, 1.807) is 25.1 Å². The van der Waals surface area contributed by atoms with Crippen molar-refractivity contribution in [1.29, 1.82) is 10.5 Å². The Balaban J connectivity index is 3.16. The third-order valence-electron chi connectivity index (χ3n) is 2.70. The average Bonchev–Trinajstić information content (AvgIpc) is 2.45. The number of rotatable bonds is 3. The van der Waals surface area contributed by atoms with Gasteiger partial charge >= 0.3 is 0 Å². The molecule has 1 aromatic rings. The summed E-state index contributed by atoms with van der Waals surface area (Å²) >= 11 is 0. The van der Waals surface area contributed by atoms with Crippen LogP contribution in [0.15, 0.2) is 18.2 Å². The molecule has 1 rings (SSSR count). The first kappa shape index (κ1) is 15.2. The van der Waals surface area contributed by atoms with Crippen molar-refractivity contribution in [1.82, 2.24) is 4.90 Å². The molecular formula is C15H14N4O. The molecule has 2 N–H and O–H groups in total. The highest BCUT2D eigenvalue weighted by Gasteiger charge is 2.18. The zero-order valence-electron chi connectivity index (χ0n) is 11.2. The maximum atomic E-state index is 12.3. The molecule has 0 aliphatic rings. The van der Waals surface area contributed by atoms with E-state index in [2.05, 4.69) is 11.8 Å². The number of carbonyl (C=O) groups excluding carboxylic acids is 1. The van der Waals surface area contributed by atoms with Crippen LogP contribution in [-0.4, -0.2) is 30.4 Å². The predicted molar refractivity (Wildman–Crippen MR) is 74.2 cm³/mol. The normalized spacial score (nSPS) is 8.80. The van der Waals surface area contributed by atoms with E-state index in [1.165, 1.54) is 4.90 Å². The van der Waals surface area contributed by atoms with Gasteiger partial charge in [0, 0.05) is 11.1 Å². The van der Waals surface area contributed by atoms with Crippen molar-refractivity contribution in [2.24, 2.45) is 5.73 Å². The summed E-state index contributed by atoms with van der Waals surface area (Å²) in [5, 5.41) is 17.4. The summed E-state index contributed by atoms with van der Waals surface area (Å²) in [7, 11) is 0. The van der Waals surface area contributed by atoms with Crippen LogP contribution >= 0.6 is 0 Å². The van der Waals surface area contributed by atoms with Crippen LogP contribution in [0, 0.1) is 41.4 Å². The minimum Gasteiger partial charge on any atom is -0.320 e. The Morgan fingerprint density at radius 2 is 1.95 bits per heavy atom. The minimum absolute atomic E-state index is 0.120. The van der Waals surface area contributed by atoms with E-state index in [4.69, 9.17) is 16.3 Å². The lowest BCUT2D eigenvalue weighted by Gasteiger charge is -2.17. The summed E-state index contributed by atoms with van der Waals surface area (Å²) < 4.78 is 0. The van der Waals surface area contributed by atoms with Crippen LogP contribution in [-0.2, 0) is 0 Å². The van der Waals surface area contributed by atoms with Gasteiger partial charge in [-0.3, -0.25) is 4.79 Å². The molecule has 100 valence electrons. The predicted octanol–water partition coefficient (Wildman–Crippen LogP) is 0.795. The molecule has 0 aliphatic heterocycles. The Kier molecular flexibility index (Phi) is 5.78. The summed E-state index contributed by atoms with van der Waals surface area (Å²) in [5.74, 6) is 5.29. The molecule has 0 spiro atoms. The van der Waals surface area contributed by atoms with Crippen LogP contribution in [0.2, 0.25) is 0 Å². The SMILES string of the molecule is Cc1c(C#CCN)cccc1C(=O)N(CC#N)CC#N. The second kappa shape index (κ2) is 7.59. The first-order valence-corrected chi connectivity index (χ1v) is 5.97. The van der Waals surface area contributed by atoms with Gasteiger partial charge in [0.05, 0.1) is 18.7 Å². The van der Waals surface area contributed by atoms with Crippen molar-refractivity contribution in [3.63, 3.8) is 0 Å². The van der Waals surface area contributed by atoms with Gasteiger partial charge in [0.1, 0.15) is 13.1 Å². The van der Waals surface area contributed by atoms with E-state index in [-0.39, 0.29) is 25.5 Å². The van der Waals surface area contributed by atoms with E-state index in [1.807, 2.05) is 12.1 Å². The molecule has 5 heteroatoms. The van der Waals surface area contributed by atoms with Gasteiger partial charge in [0.25, 0.3) is 5.91 Å². The van der Waals surface area contributed by atoms with Crippen molar-refractivity contribution in [2.75, 3.05) is 19.6 Å². The molecule has 20 heavy (non-hydrogen) atoms. The van der Waals surface area contributed by atoms with Crippen LogP contribution in [0.25, 0.3) is 0 Å². The molecule has 0 saturated heterocycles. The topological polar surface area (TPSA) is 93.9 Å². The number of carbonyl (C=O) groups is 1. The number of nitriles is 2. The largest absolute Gasteiger partial charge is 0.320 e. The van der Waals surface area contributed by atoms with Gasteiger partial charge in [-0.1, -0.05) is 17.9 Å². The second-order valence-electron chi connectivity index (χ2n) is 3.96. The Bertz CT molecular complexity index is 625. The van der Waals surface area contributed by atoms with Gasteiger partial charge in [0.2, 0.25) is 0 Å². The molecule has 0 fully saturated rings. The van der Waals surface area contributed by atoms with Crippen molar-refractivity contribution in [2.45, 2.75) is 6.92 Å². The number of hydrogen-bond donors (Lipinski definition) is 1. The van der Waals surface area contributed by atoms with Crippen molar-refractivity contribution in [3.05, 3.63) is 34.9 Å². The molecular weight excluding hydrogens is 252 g/mol. The lowest BCUT2D eigenvalue weighted by atomic mass is 10.0. The summed E-state index contributed by atoms with van der Waals surface area (Å²) in [6.07, 6.45) is 0.